The van der Waals surface area contributed by atoms with Gasteiger partial charge < -0.3 is 14.5 Å². The SMILES string of the molecule is CC(C)(C)NS(=O)(=O)c1ccc(C(=O)Nc2cccc(OCc3ccccn3)c2)o1. The van der Waals surface area contributed by atoms with Gasteiger partial charge in [0.05, 0.1) is 5.69 Å². The standard InChI is InChI=1S/C21H23N3O5S/c1-21(2,3)24-30(26,27)19-11-10-18(29-19)20(25)23-15-8-6-9-17(13-15)28-14-16-7-4-5-12-22-16/h4-13,24H,14H2,1-3H3,(H,23,25). The molecule has 0 radical (unpaired) electrons. The van der Waals surface area contributed by atoms with Crippen molar-refractivity contribution in [3.63, 3.8) is 0 Å². The number of aromatic nitrogens is 1. The Labute approximate surface area is 175 Å². The largest absolute Gasteiger partial charge is 0.487 e. The van der Waals surface area contributed by atoms with E-state index in [1.54, 1.807) is 51.2 Å². The molecule has 0 atom stereocenters. The van der Waals surface area contributed by atoms with Crippen molar-refractivity contribution >= 4 is 21.6 Å². The number of anilines is 1. The van der Waals surface area contributed by atoms with Gasteiger partial charge in [-0.2, -0.15) is 0 Å². The Balaban J connectivity index is 1.66. The topological polar surface area (TPSA) is 111 Å². The van der Waals surface area contributed by atoms with E-state index < -0.39 is 21.5 Å². The lowest BCUT2D eigenvalue weighted by molar-refractivity contribution is 0.0991. The second-order valence-corrected chi connectivity index (χ2v) is 9.18. The Hall–Kier alpha value is -3.17. The van der Waals surface area contributed by atoms with E-state index in [0.717, 1.165) is 5.69 Å². The minimum atomic E-state index is -3.87. The van der Waals surface area contributed by atoms with Gasteiger partial charge in [-0.15, -0.1) is 0 Å². The van der Waals surface area contributed by atoms with E-state index in [0.29, 0.717) is 18.0 Å². The van der Waals surface area contributed by atoms with Crippen molar-refractivity contribution < 1.29 is 22.4 Å². The highest BCUT2D eigenvalue weighted by Crippen LogP contribution is 2.21. The normalized spacial score (nSPS) is 11.8. The number of furan rings is 1. The van der Waals surface area contributed by atoms with Crippen molar-refractivity contribution in [1.29, 1.82) is 0 Å². The van der Waals surface area contributed by atoms with Crippen LogP contribution in [0.25, 0.3) is 0 Å². The van der Waals surface area contributed by atoms with Gasteiger partial charge in [0.2, 0.25) is 5.09 Å². The molecule has 3 aromatic rings. The molecule has 2 N–H and O–H groups in total. The summed E-state index contributed by atoms with van der Waals surface area (Å²) in [4.78, 5) is 16.6. The number of benzene rings is 1. The molecule has 0 aliphatic carbocycles. The van der Waals surface area contributed by atoms with Gasteiger partial charge in [0.15, 0.2) is 5.76 Å². The Bertz CT molecular complexity index is 1120. The number of amides is 1. The van der Waals surface area contributed by atoms with Crippen LogP contribution < -0.4 is 14.8 Å². The van der Waals surface area contributed by atoms with Crippen LogP contribution in [0.2, 0.25) is 0 Å². The first kappa shape index (κ1) is 21.5. The second kappa shape index (κ2) is 8.68. The van der Waals surface area contributed by atoms with Gasteiger partial charge in [-0.1, -0.05) is 12.1 Å². The van der Waals surface area contributed by atoms with Gasteiger partial charge in [-0.25, -0.2) is 13.1 Å². The molecule has 0 unspecified atom stereocenters. The summed E-state index contributed by atoms with van der Waals surface area (Å²) in [7, 11) is -3.87. The Kier molecular flexibility index (Phi) is 6.23. The van der Waals surface area contributed by atoms with Crippen molar-refractivity contribution in [1.82, 2.24) is 9.71 Å². The fraction of sp³-hybridized carbons (Fsp3) is 0.238. The molecule has 0 aliphatic rings. The lowest BCUT2D eigenvalue weighted by Crippen LogP contribution is -2.40. The molecule has 0 saturated heterocycles. The van der Waals surface area contributed by atoms with Gasteiger partial charge in [0.1, 0.15) is 12.4 Å². The van der Waals surface area contributed by atoms with Crippen LogP contribution in [0.5, 0.6) is 5.75 Å². The summed E-state index contributed by atoms with van der Waals surface area (Å²) in [5.41, 5.74) is 0.580. The summed E-state index contributed by atoms with van der Waals surface area (Å²) in [6, 6.07) is 14.9. The molecule has 158 valence electrons. The predicted octanol–water partition coefficient (Wildman–Crippen LogP) is 3.58. The number of hydrogen-bond donors (Lipinski definition) is 2. The zero-order chi connectivity index (χ0) is 21.8. The summed E-state index contributed by atoms with van der Waals surface area (Å²) >= 11 is 0. The van der Waals surface area contributed by atoms with E-state index in [4.69, 9.17) is 9.15 Å². The van der Waals surface area contributed by atoms with E-state index in [9.17, 15) is 13.2 Å². The molecule has 2 aromatic heterocycles. The van der Waals surface area contributed by atoms with Crippen LogP contribution >= 0.6 is 0 Å². The number of sulfonamides is 1. The molecule has 0 bridgehead atoms. The van der Waals surface area contributed by atoms with E-state index >= 15 is 0 Å². The third-order valence-electron chi connectivity index (χ3n) is 3.72. The summed E-state index contributed by atoms with van der Waals surface area (Å²) in [5, 5.41) is 2.34. The lowest BCUT2D eigenvalue weighted by Gasteiger charge is -2.18. The third kappa shape index (κ3) is 5.91. The molecule has 30 heavy (non-hydrogen) atoms. The minimum absolute atomic E-state index is 0.121. The molecule has 3 rings (SSSR count). The molecule has 2 heterocycles. The van der Waals surface area contributed by atoms with E-state index in [1.165, 1.54) is 12.1 Å². The molecule has 0 fully saturated rings. The van der Waals surface area contributed by atoms with Crippen LogP contribution in [0.15, 0.2) is 70.3 Å². The molecule has 1 amide bonds. The highest BCUT2D eigenvalue weighted by atomic mass is 32.2. The highest BCUT2D eigenvalue weighted by Gasteiger charge is 2.26. The van der Waals surface area contributed by atoms with Crippen molar-refractivity contribution in [2.24, 2.45) is 0 Å². The van der Waals surface area contributed by atoms with Crippen LogP contribution in [0, 0.1) is 0 Å². The quantitative estimate of drug-likeness (QED) is 0.594. The number of ether oxygens (including phenoxy) is 1. The van der Waals surface area contributed by atoms with Crippen molar-refractivity contribution in [3.05, 3.63) is 72.2 Å². The van der Waals surface area contributed by atoms with Crippen LogP contribution in [0.3, 0.4) is 0 Å². The number of pyridine rings is 1. The smallest absolute Gasteiger partial charge is 0.291 e. The van der Waals surface area contributed by atoms with E-state index in [2.05, 4.69) is 15.0 Å². The van der Waals surface area contributed by atoms with Gasteiger partial charge >= 0.3 is 0 Å². The first-order valence-corrected chi connectivity index (χ1v) is 10.7. The predicted molar refractivity (Wildman–Crippen MR) is 112 cm³/mol. The Morgan fingerprint density at radius 2 is 1.90 bits per heavy atom. The van der Waals surface area contributed by atoms with Crippen LogP contribution in [0.1, 0.15) is 37.0 Å². The third-order valence-corrected chi connectivity index (χ3v) is 5.35. The summed E-state index contributed by atoms with van der Waals surface area (Å²) < 4.78 is 38.1. The van der Waals surface area contributed by atoms with Crippen molar-refractivity contribution in [3.8, 4) is 5.75 Å². The summed E-state index contributed by atoms with van der Waals surface area (Å²) in [6.45, 7) is 5.43. The molecule has 1 aromatic carbocycles. The first-order valence-electron chi connectivity index (χ1n) is 9.20. The molecule has 0 saturated carbocycles. The first-order chi connectivity index (χ1) is 14.1. The zero-order valence-corrected chi connectivity index (χ0v) is 17.7. The summed E-state index contributed by atoms with van der Waals surface area (Å²) in [5.74, 6) is -0.145. The fourth-order valence-corrected chi connectivity index (χ4v) is 3.89. The molecule has 8 nitrogen and oxygen atoms in total. The van der Waals surface area contributed by atoms with Crippen molar-refractivity contribution in [2.75, 3.05) is 5.32 Å². The van der Waals surface area contributed by atoms with Crippen molar-refractivity contribution in [2.45, 2.75) is 38.0 Å². The molecular weight excluding hydrogens is 406 g/mol. The molecule has 0 aliphatic heterocycles. The van der Waals surface area contributed by atoms with Crippen LogP contribution in [-0.4, -0.2) is 24.8 Å². The fourth-order valence-electron chi connectivity index (χ4n) is 2.54. The molecular formula is C21H23N3O5S. The maximum atomic E-state index is 12.5. The van der Waals surface area contributed by atoms with Gasteiger partial charge in [0, 0.05) is 23.5 Å². The Morgan fingerprint density at radius 1 is 1.10 bits per heavy atom. The maximum Gasteiger partial charge on any atom is 0.291 e. The van der Waals surface area contributed by atoms with Crippen LogP contribution in [0.4, 0.5) is 5.69 Å². The molecule has 9 heteroatoms. The van der Waals surface area contributed by atoms with Gasteiger partial charge in [-0.05, 0) is 57.2 Å². The number of nitrogens with one attached hydrogen (secondary N) is 2. The Morgan fingerprint density at radius 3 is 2.60 bits per heavy atom. The monoisotopic (exact) mass is 429 g/mol. The highest BCUT2D eigenvalue weighted by molar-refractivity contribution is 7.89. The summed E-state index contributed by atoms with van der Waals surface area (Å²) in [6.07, 6.45) is 1.68. The van der Waals surface area contributed by atoms with Gasteiger partial charge in [0.25, 0.3) is 15.9 Å². The number of hydrogen-bond acceptors (Lipinski definition) is 6. The number of carbonyl (C=O) groups is 1. The minimum Gasteiger partial charge on any atom is -0.487 e. The van der Waals surface area contributed by atoms with Gasteiger partial charge in [-0.3, -0.25) is 9.78 Å². The average molecular weight is 429 g/mol. The molecule has 0 spiro atoms. The van der Waals surface area contributed by atoms with E-state index in [-0.39, 0.29) is 10.9 Å². The van der Waals surface area contributed by atoms with Crippen LogP contribution in [-0.2, 0) is 16.6 Å². The lowest BCUT2D eigenvalue weighted by atomic mass is 10.1. The average Bonchev–Trinajstić information content (AvgIpc) is 3.17. The van der Waals surface area contributed by atoms with E-state index in [1.807, 2.05) is 18.2 Å². The number of nitrogens with zero attached hydrogens (tertiary/aromatic N) is 1. The number of rotatable bonds is 7. The zero-order valence-electron chi connectivity index (χ0n) is 16.9. The number of carbonyl (C=O) groups excluding carboxylic acids is 1. The maximum absolute atomic E-state index is 12.5. The second-order valence-electron chi connectivity index (χ2n) is 7.57.